The van der Waals surface area contributed by atoms with Crippen molar-refractivity contribution >= 4 is 21.6 Å². The van der Waals surface area contributed by atoms with Crippen molar-refractivity contribution in [3.05, 3.63) is 83.6 Å². The van der Waals surface area contributed by atoms with E-state index in [0.717, 1.165) is 12.1 Å². The Morgan fingerprint density at radius 1 is 1.17 bits per heavy atom. The number of carbonyl (C=O) groups is 1. The molecule has 2 N–H and O–H groups in total. The maximum Gasteiger partial charge on any atom is 0.416 e. The minimum atomic E-state index is -4.44. The molecule has 42 heavy (non-hydrogen) atoms. The molecular weight excluding hydrogens is 573 g/mol. The molecule has 3 aromatic rings. The highest BCUT2D eigenvalue weighted by Gasteiger charge is 2.35. The van der Waals surface area contributed by atoms with Gasteiger partial charge in [-0.05, 0) is 54.1 Å². The number of nitrogens with one attached hydrogen (secondary N) is 1. The SMILES string of the molecule is CCS(=O)(=O)c1ccc([C@H](CO)NC(=O)c2ccc(N3CC(Oc4ccc(C(F)(F)F)cc4)C[C@H]3CC#N)nc2)cc1. The fourth-order valence-corrected chi connectivity index (χ4v) is 5.58. The van der Waals surface area contributed by atoms with E-state index in [0.29, 0.717) is 24.3 Å². The van der Waals surface area contributed by atoms with Gasteiger partial charge >= 0.3 is 6.18 Å². The largest absolute Gasteiger partial charge is 0.489 e. The summed E-state index contributed by atoms with van der Waals surface area (Å²) in [7, 11) is -3.38. The van der Waals surface area contributed by atoms with Gasteiger partial charge in [0, 0.05) is 18.7 Å². The number of hydrogen-bond acceptors (Lipinski definition) is 8. The van der Waals surface area contributed by atoms with Gasteiger partial charge in [0.2, 0.25) is 0 Å². The topological polar surface area (TPSA) is 133 Å². The first kappa shape index (κ1) is 30.8. The van der Waals surface area contributed by atoms with E-state index in [9.17, 15) is 36.8 Å². The van der Waals surface area contributed by atoms with Crippen molar-refractivity contribution in [1.82, 2.24) is 10.3 Å². The average molecular weight is 603 g/mol. The number of sulfone groups is 1. The molecule has 0 bridgehead atoms. The van der Waals surface area contributed by atoms with Crippen LogP contribution in [0.5, 0.6) is 5.75 Å². The van der Waals surface area contributed by atoms with Crippen LogP contribution in [0.2, 0.25) is 0 Å². The Labute approximate surface area is 241 Å². The average Bonchev–Trinajstić information content (AvgIpc) is 3.37. The van der Waals surface area contributed by atoms with Crippen molar-refractivity contribution in [2.45, 2.75) is 49.0 Å². The highest BCUT2D eigenvalue weighted by molar-refractivity contribution is 7.91. The van der Waals surface area contributed by atoms with Gasteiger partial charge in [-0.15, -0.1) is 0 Å². The van der Waals surface area contributed by atoms with Crippen molar-refractivity contribution in [1.29, 1.82) is 5.26 Å². The maximum absolute atomic E-state index is 12.9. The lowest BCUT2D eigenvalue weighted by Crippen LogP contribution is -2.32. The quantitative estimate of drug-likeness (QED) is 0.351. The predicted octanol–water partition coefficient (Wildman–Crippen LogP) is 4.30. The number of rotatable bonds is 10. The molecule has 1 saturated heterocycles. The first-order valence-corrected chi connectivity index (χ1v) is 14.8. The normalized spacial score (nSPS) is 17.9. The van der Waals surface area contributed by atoms with Crippen molar-refractivity contribution in [3.8, 4) is 11.8 Å². The second kappa shape index (κ2) is 12.8. The summed E-state index contributed by atoms with van der Waals surface area (Å²) in [6.45, 7) is 1.46. The van der Waals surface area contributed by atoms with Gasteiger partial charge in [0.1, 0.15) is 17.7 Å². The van der Waals surface area contributed by atoms with E-state index < -0.39 is 46.2 Å². The summed E-state index contributed by atoms with van der Waals surface area (Å²) in [5.74, 6) is 0.232. The molecule has 1 amide bonds. The number of hydrogen-bond donors (Lipinski definition) is 2. The second-order valence-electron chi connectivity index (χ2n) is 9.75. The standard InChI is InChI=1S/C29H29F3N4O5S/c1-2-42(39,40)25-10-3-19(4-11-25)26(18-37)35-28(38)20-5-12-27(34-16-20)36-17-24(15-22(36)13-14-33)41-23-8-6-21(7-9-23)29(30,31)32/h3-12,16,22,24,26,37H,2,13,15,17-18H2,1H3,(H,35,38)/t22-,24?,26+/m1/s1. The molecule has 0 radical (unpaired) electrons. The van der Waals surface area contributed by atoms with Gasteiger partial charge < -0.3 is 20.1 Å². The van der Waals surface area contributed by atoms with E-state index >= 15 is 0 Å². The highest BCUT2D eigenvalue weighted by atomic mass is 32.2. The number of aromatic nitrogens is 1. The minimum absolute atomic E-state index is 0.0446. The molecule has 1 unspecified atom stereocenters. The van der Waals surface area contributed by atoms with E-state index in [1.165, 1.54) is 42.6 Å². The predicted molar refractivity (Wildman–Crippen MR) is 148 cm³/mol. The number of aliphatic hydroxyl groups excluding tert-OH is 1. The van der Waals surface area contributed by atoms with Crippen LogP contribution in [0.3, 0.4) is 0 Å². The lowest BCUT2D eigenvalue weighted by atomic mass is 10.1. The van der Waals surface area contributed by atoms with Crippen LogP contribution in [0.25, 0.3) is 0 Å². The number of anilines is 1. The van der Waals surface area contributed by atoms with Crippen LogP contribution in [0, 0.1) is 11.3 Å². The highest BCUT2D eigenvalue weighted by Crippen LogP contribution is 2.32. The van der Waals surface area contributed by atoms with Crippen LogP contribution in [-0.4, -0.2) is 55.5 Å². The third-order valence-electron chi connectivity index (χ3n) is 7.00. The molecule has 2 heterocycles. The van der Waals surface area contributed by atoms with E-state index in [4.69, 9.17) is 4.74 Å². The van der Waals surface area contributed by atoms with Gasteiger partial charge in [-0.2, -0.15) is 18.4 Å². The molecule has 2 aromatic carbocycles. The number of nitriles is 1. The van der Waals surface area contributed by atoms with Crippen LogP contribution in [-0.2, 0) is 16.0 Å². The van der Waals surface area contributed by atoms with Crippen LogP contribution in [0.4, 0.5) is 19.0 Å². The molecule has 13 heteroatoms. The zero-order valence-corrected chi connectivity index (χ0v) is 23.4. The summed E-state index contributed by atoms with van der Waals surface area (Å²) in [6.07, 6.45) is -2.85. The van der Waals surface area contributed by atoms with Gasteiger partial charge in [0.05, 0.1) is 53.5 Å². The Kier molecular flexibility index (Phi) is 9.38. The number of benzene rings is 2. The van der Waals surface area contributed by atoms with E-state index in [1.807, 2.05) is 4.90 Å². The smallest absolute Gasteiger partial charge is 0.416 e. The van der Waals surface area contributed by atoms with Gasteiger partial charge in [-0.3, -0.25) is 4.79 Å². The molecule has 0 saturated carbocycles. The number of pyridine rings is 1. The Hall–Kier alpha value is -4.15. The Balaban J connectivity index is 1.42. The summed E-state index contributed by atoms with van der Waals surface area (Å²) < 4.78 is 68.6. The molecule has 1 aromatic heterocycles. The summed E-state index contributed by atoms with van der Waals surface area (Å²) in [6, 6.07) is 14.6. The van der Waals surface area contributed by atoms with E-state index in [2.05, 4.69) is 16.4 Å². The molecular formula is C29H29F3N4O5S. The number of nitrogens with zero attached hydrogens (tertiary/aromatic N) is 3. The van der Waals surface area contributed by atoms with E-state index in [-0.39, 0.29) is 34.4 Å². The molecule has 4 rings (SSSR count). The van der Waals surface area contributed by atoms with Crippen molar-refractivity contribution in [3.63, 3.8) is 0 Å². The van der Waals surface area contributed by atoms with Crippen LogP contribution in [0.15, 0.2) is 71.8 Å². The molecule has 1 aliphatic rings. The fourth-order valence-electron chi connectivity index (χ4n) is 4.69. The summed E-state index contributed by atoms with van der Waals surface area (Å²) in [5.41, 5.74) is -0.0267. The monoisotopic (exact) mass is 602 g/mol. The third-order valence-corrected chi connectivity index (χ3v) is 8.75. The third kappa shape index (κ3) is 7.18. The summed E-state index contributed by atoms with van der Waals surface area (Å²) >= 11 is 0. The molecule has 222 valence electrons. The summed E-state index contributed by atoms with van der Waals surface area (Å²) in [5, 5.41) is 21.9. The maximum atomic E-state index is 12.9. The molecule has 0 aliphatic carbocycles. The van der Waals surface area contributed by atoms with E-state index in [1.54, 1.807) is 19.1 Å². The van der Waals surface area contributed by atoms with Crippen molar-refractivity contribution < 1.29 is 36.2 Å². The Bertz CT molecular complexity index is 1520. The summed E-state index contributed by atoms with van der Waals surface area (Å²) in [4.78, 5) is 19.3. The van der Waals surface area contributed by atoms with Crippen molar-refractivity contribution in [2.24, 2.45) is 0 Å². The Morgan fingerprint density at radius 3 is 2.40 bits per heavy atom. The first-order valence-electron chi connectivity index (χ1n) is 13.1. The van der Waals surface area contributed by atoms with Gasteiger partial charge in [-0.25, -0.2) is 13.4 Å². The van der Waals surface area contributed by atoms with Crippen molar-refractivity contribution in [2.75, 3.05) is 23.8 Å². The number of alkyl halides is 3. The number of halogens is 3. The van der Waals surface area contributed by atoms with Gasteiger partial charge in [0.15, 0.2) is 9.84 Å². The van der Waals surface area contributed by atoms with Crippen LogP contribution >= 0.6 is 0 Å². The second-order valence-corrected chi connectivity index (χ2v) is 12.0. The molecule has 1 fully saturated rings. The Morgan fingerprint density at radius 2 is 1.86 bits per heavy atom. The lowest BCUT2D eigenvalue weighted by Gasteiger charge is -2.23. The molecule has 9 nitrogen and oxygen atoms in total. The number of carbonyl (C=O) groups excluding carboxylic acids is 1. The van der Waals surface area contributed by atoms with Crippen LogP contribution in [0.1, 0.15) is 47.3 Å². The van der Waals surface area contributed by atoms with Crippen LogP contribution < -0.4 is 15.0 Å². The fraction of sp³-hybridized carbons (Fsp3) is 0.345. The lowest BCUT2D eigenvalue weighted by molar-refractivity contribution is -0.137. The first-order chi connectivity index (χ1) is 19.9. The van der Waals surface area contributed by atoms with Gasteiger partial charge in [0.25, 0.3) is 5.91 Å². The number of ether oxygens (including phenoxy) is 1. The molecule has 0 spiro atoms. The zero-order valence-electron chi connectivity index (χ0n) is 22.6. The number of aliphatic hydroxyl groups is 1. The number of amides is 1. The molecule has 3 atom stereocenters. The minimum Gasteiger partial charge on any atom is -0.489 e. The van der Waals surface area contributed by atoms with Gasteiger partial charge in [-0.1, -0.05) is 19.1 Å². The zero-order chi connectivity index (χ0) is 30.5. The molecule has 1 aliphatic heterocycles.